The van der Waals surface area contributed by atoms with Gasteiger partial charge in [-0.15, -0.1) is 0 Å². The Kier molecular flexibility index (Phi) is 5.28. The number of nitrogens with one attached hydrogen (secondary N) is 1. The Morgan fingerprint density at radius 2 is 1.71 bits per heavy atom. The highest BCUT2D eigenvalue weighted by molar-refractivity contribution is 5.85. The van der Waals surface area contributed by atoms with Crippen LogP contribution in [0.15, 0.2) is 0 Å². The van der Waals surface area contributed by atoms with Crippen molar-refractivity contribution in [3.63, 3.8) is 0 Å². The van der Waals surface area contributed by atoms with E-state index in [1.54, 1.807) is 0 Å². The SMILES string of the molecule is CN1CCC(O)(C(=O)NC(C)(C)CN2CCCCC2)CC1. The molecule has 2 fully saturated rings. The lowest BCUT2D eigenvalue weighted by molar-refractivity contribution is -0.146. The van der Waals surface area contributed by atoms with Crippen LogP contribution in [0.2, 0.25) is 0 Å². The zero-order valence-corrected chi connectivity index (χ0v) is 13.8. The number of nitrogens with zero attached hydrogens (tertiary/aromatic N) is 2. The lowest BCUT2D eigenvalue weighted by Crippen LogP contribution is -2.60. The maximum absolute atomic E-state index is 12.5. The van der Waals surface area contributed by atoms with Crippen LogP contribution in [0.1, 0.15) is 46.0 Å². The molecular formula is C16H31N3O2. The molecule has 0 spiro atoms. The Morgan fingerprint density at radius 1 is 1.14 bits per heavy atom. The molecule has 0 radical (unpaired) electrons. The highest BCUT2D eigenvalue weighted by atomic mass is 16.3. The van der Waals surface area contributed by atoms with Crippen LogP contribution < -0.4 is 5.32 Å². The molecule has 0 saturated carbocycles. The topological polar surface area (TPSA) is 55.8 Å². The Bertz CT molecular complexity index is 357. The van der Waals surface area contributed by atoms with Gasteiger partial charge in [-0.05, 0) is 59.7 Å². The van der Waals surface area contributed by atoms with Gasteiger partial charge in [-0.2, -0.15) is 0 Å². The molecule has 21 heavy (non-hydrogen) atoms. The van der Waals surface area contributed by atoms with E-state index in [0.717, 1.165) is 32.7 Å². The first kappa shape index (κ1) is 16.7. The van der Waals surface area contributed by atoms with Crippen molar-refractivity contribution in [3.05, 3.63) is 0 Å². The van der Waals surface area contributed by atoms with Crippen LogP contribution in [0.25, 0.3) is 0 Å². The lowest BCUT2D eigenvalue weighted by atomic mass is 9.89. The second-order valence-corrected chi connectivity index (χ2v) is 7.51. The largest absolute Gasteiger partial charge is 0.380 e. The van der Waals surface area contributed by atoms with Crippen molar-refractivity contribution in [3.8, 4) is 0 Å². The summed E-state index contributed by atoms with van der Waals surface area (Å²) in [7, 11) is 2.03. The predicted octanol–water partition coefficient (Wildman–Crippen LogP) is 0.824. The van der Waals surface area contributed by atoms with Gasteiger partial charge < -0.3 is 20.2 Å². The number of carbonyl (C=O) groups is 1. The summed E-state index contributed by atoms with van der Waals surface area (Å²) in [5.74, 6) is -0.197. The molecule has 0 atom stereocenters. The fraction of sp³-hybridized carbons (Fsp3) is 0.938. The average Bonchev–Trinajstić information content (AvgIpc) is 2.42. The molecule has 0 bridgehead atoms. The summed E-state index contributed by atoms with van der Waals surface area (Å²) in [4.78, 5) is 17.1. The second-order valence-electron chi connectivity index (χ2n) is 7.51. The highest BCUT2D eigenvalue weighted by Gasteiger charge is 2.40. The minimum absolute atomic E-state index is 0.197. The van der Waals surface area contributed by atoms with Crippen molar-refractivity contribution >= 4 is 5.91 Å². The lowest BCUT2D eigenvalue weighted by Gasteiger charge is -2.40. The minimum Gasteiger partial charge on any atom is -0.380 e. The number of hydrogen-bond acceptors (Lipinski definition) is 4. The van der Waals surface area contributed by atoms with Gasteiger partial charge in [-0.1, -0.05) is 6.42 Å². The number of hydrogen-bond donors (Lipinski definition) is 2. The summed E-state index contributed by atoms with van der Waals surface area (Å²) >= 11 is 0. The Hall–Kier alpha value is -0.650. The first-order valence-corrected chi connectivity index (χ1v) is 8.27. The first-order valence-electron chi connectivity index (χ1n) is 8.27. The van der Waals surface area contributed by atoms with Crippen LogP contribution in [0.5, 0.6) is 0 Å². The number of aliphatic hydroxyl groups is 1. The van der Waals surface area contributed by atoms with Gasteiger partial charge in [0.25, 0.3) is 5.91 Å². The van der Waals surface area contributed by atoms with E-state index in [1.165, 1.54) is 19.3 Å². The van der Waals surface area contributed by atoms with E-state index in [-0.39, 0.29) is 11.4 Å². The van der Waals surface area contributed by atoms with Gasteiger partial charge in [-0.3, -0.25) is 4.79 Å². The summed E-state index contributed by atoms with van der Waals surface area (Å²) in [5.41, 5.74) is -1.49. The van der Waals surface area contributed by atoms with Crippen molar-refractivity contribution in [2.45, 2.75) is 57.1 Å². The third-order valence-corrected chi connectivity index (χ3v) is 4.76. The fourth-order valence-electron chi connectivity index (χ4n) is 3.36. The highest BCUT2D eigenvalue weighted by Crippen LogP contribution is 2.23. The number of carbonyl (C=O) groups excluding carboxylic acids is 1. The molecule has 2 heterocycles. The van der Waals surface area contributed by atoms with Crippen molar-refractivity contribution < 1.29 is 9.90 Å². The second kappa shape index (κ2) is 6.63. The van der Waals surface area contributed by atoms with E-state index in [0.29, 0.717) is 12.8 Å². The predicted molar refractivity (Wildman–Crippen MR) is 84.2 cm³/mol. The maximum atomic E-state index is 12.5. The molecule has 5 heteroatoms. The van der Waals surface area contributed by atoms with Crippen LogP contribution in [-0.4, -0.2) is 71.7 Å². The van der Waals surface area contributed by atoms with Gasteiger partial charge in [-0.25, -0.2) is 0 Å². The van der Waals surface area contributed by atoms with Gasteiger partial charge in [0.15, 0.2) is 0 Å². The van der Waals surface area contributed by atoms with Gasteiger partial charge >= 0.3 is 0 Å². The average molecular weight is 297 g/mol. The van der Waals surface area contributed by atoms with E-state index in [2.05, 4.69) is 29.0 Å². The summed E-state index contributed by atoms with van der Waals surface area (Å²) in [6.45, 7) is 8.75. The van der Waals surface area contributed by atoms with Crippen molar-refractivity contribution in [1.82, 2.24) is 15.1 Å². The smallest absolute Gasteiger partial charge is 0.252 e. The Labute approximate surface area is 128 Å². The molecule has 2 rings (SSSR count). The molecular weight excluding hydrogens is 266 g/mol. The van der Waals surface area contributed by atoms with Crippen LogP contribution in [0, 0.1) is 0 Å². The zero-order chi connectivity index (χ0) is 15.5. The molecule has 0 unspecified atom stereocenters. The zero-order valence-electron chi connectivity index (χ0n) is 13.8. The van der Waals surface area contributed by atoms with Crippen molar-refractivity contribution in [2.75, 3.05) is 39.8 Å². The van der Waals surface area contributed by atoms with E-state index >= 15 is 0 Å². The number of rotatable bonds is 4. The fourth-order valence-corrected chi connectivity index (χ4v) is 3.36. The number of piperidine rings is 2. The molecule has 2 N–H and O–H groups in total. The molecule has 122 valence electrons. The summed E-state index contributed by atoms with van der Waals surface area (Å²) in [5, 5.41) is 13.7. The quantitative estimate of drug-likeness (QED) is 0.807. The van der Waals surface area contributed by atoms with Crippen LogP contribution >= 0.6 is 0 Å². The van der Waals surface area contributed by atoms with Gasteiger partial charge in [0, 0.05) is 25.2 Å². The van der Waals surface area contributed by atoms with Crippen molar-refractivity contribution in [1.29, 1.82) is 0 Å². The molecule has 2 aliphatic heterocycles. The molecule has 2 saturated heterocycles. The minimum atomic E-state index is -1.19. The first-order chi connectivity index (χ1) is 9.81. The summed E-state index contributed by atoms with van der Waals surface area (Å²) in [6.07, 6.45) is 4.86. The number of amides is 1. The standard InChI is InChI=1S/C16H31N3O2/c1-15(2,13-19-9-5-4-6-10-19)17-14(20)16(21)7-11-18(3)12-8-16/h21H,4-13H2,1-3H3,(H,17,20). The molecule has 5 nitrogen and oxygen atoms in total. The molecule has 0 aromatic carbocycles. The normalized spacial score (nSPS) is 24.8. The third kappa shape index (κ3) is 4.66. The molecule has 1 amide bonds. The van der Waals surface area contributed by atoms with Crippen LogP contribution in [0.4, 0.5) is 0 Å². The molecule has 0 aromatic rings. The monoisotopic (exact) mass is 297 g/mol. The van der Waals surface area contributed by atoms with Gasteiger partial charge in [0.1, 0.15) is 5.60 Å². The van der Waals surface area contributed by atoms with E-state index in [1.807, 2.05) is 7.05 Å². The molecule has 0 aliphatic carbocycles. The van der Waals surface area contributed by atoms with E-state index < -0.39 is 5.60 Å². The molecule has 0 aromatic heterocycles. The Balaban J connectivity index is 1.87. The maximum Gasteiger partial charge on any atom is 0.252 e. The van der Waals surface area contributed by atoms with E-state index in [9.17, 15) is 9.90 Å². The third-order valence-electron chi connectivity index (χ3n) is 4.76. The number of likely N-dealkylation sites (tertiary alicyclic amines) is 2. The summed E-state index contributed by atoms with van der Waals surface area (Å²) < 4.78 is 0. The molecule has 2 aliphatic rings. The van der Waals surface area contributed by atoms with Gasteiger partial charge in [0.05, 0.1) is 0 Å². The van der Waals surface area contributed by atoms with Crippen LogP contribution in [-0.2, 0) is 4.79 Å². The summed E-state index contributed by atoms with van der Waals surface area (Å²) in [6, 6.07) is 0. The Morgan fingerprint density at radius 3 is 2.29 bits per heavy atom. The van der Waals surface area contributed by atoms with E-state index in [4.69, 9.17) is 0 Å². The van der Waals surface area contributed by atoms with Crippen LogP contribution in [0.3, 0.4) is 0 Å². The van der Waals surface area contributed by atoms with Crippen molar-refractivity contribution in [2.24, 2.45) is 0 Å². The van der Waals surface area contributed by atoms with Gasteiger partial charge in [0.2, 0.25) is 0 Å².